The first-order valence-corrected chi connectivity index (χ1v) is 9.57. The molecule has 140 valence electrons. The van der Waals surface area contributed by atoms with E-state index in [1.165, 1.54) is 23.9 Å². The summed E-state index contributed by atoms with van der Waals surface area (Å²) in [6, 6.07) is 15.9. The van der Waals surface area contributed by atoms with E-state index >= 15 is 0 Å². The standard InChI is InChI=1S/C20H21FN4OS/c1-13(2)22-19(26)14(3)27-20-24-23-18(15-9-11-16(21)12-10-15)25(20)17-7-5-4-6-8-17/h4-14H,1-3H3,(H,22,26). The Kier molecular flexibility index (Phi) is 5.91. The van der Waals surface area contributed by atoms with Gasteiger partial charge in [0.25, 0.3) is 0 Å². The molecule has 1 aromatic heterocycles. The Labute approximate surface area is 162 Å². The van der Waals surface area contributed by atoms with Gasteiger partial charge >= 0.3 is 0 Å². The minimum atomic E-state index is -0.333. The molecule has 1 atom stereocenters. The number of hydrogen-bond acceptors (Lipinski definition) is 4. The van der Waals surface area contributed by atoms with Crippen LogP contribution in [0.5, 0.6) is 0 Å². The Morgan fingerprint density at radius 3 is 2.33 bits per heavy atom. The van der Waals surface area contributed by atoms with Crippen molar-refractivity contribution in [1.29, 1.82) is 0 Å². The van der Waals surface area contributed by atoms with E-state index in [4.69, 9.17) is 0 Å². The summed E-state index contributed by atoms with van der Waals surface area (Å²) in [5.41, 5.74) is 1.62. The second kappa shape index (κ2) is 8.35. The number of carbonyl (C=O) groups excluding carboxylic acids is 1. The maximum atomic E-state index is 13.3. The molecule has 7 heteroatoms. The zero-order chi connectivity index (χ0) is 19.4. The second-order valence-corrected chi connectivity index (χ2v) is 7.72. The molecule has 0 spiro atoms. The molecule has 0 saturated carbocycles. The summed E-state index contributed by atoms with van der Waals surface area (Å²) in [7, 11) is 0. The van der Waals surface area contributed by atoms with Crippen LogP contribution in [-0.4, -0.2) is 32.0 Å². The van der Waals surface area contributed by atoms with Gasteiger partial charge < -0.3 is 5.32 Å². The van der Waals surface area contributed by atoms with Gasteiger partial charge in [0.15, 0.2) is 11.0 Å². The van der Waals surface area contributed by atoms with Gasteiger partial charge in [-0.05, 0) is 57.2 Å². The molecule has 0 aliphatic rings. The van der Waals surface area contributed by atoms with E-state index in [2.05, 4.69) is 15.5 Å². The van der Waals surface area contributed by atoms with Gasteiger partial charge in [0.05, 0.1) is 5.25 Å². The zero-order valence-electron chi connectivity index (χ0n) is 15.4. The lowest BCUT2D eigenvalue weighted by Crippen LogP contribution is -2.36. The Morgan fingerprint density at radius 2 is 1.70 bits per heavy atom. The number of hydrogen-bond donors (Lipinski definition) is 1. The topological polar surface area (TPSA) is 59.8 Å². The Bertz CT molecular complexity index is 909. The predicted octanol–water partition coefficient (Wildman–Crippen LogP) is 4.08. The highest BCUT2D eigenvalue weighted by Gasteiger charge is 2.22. The van der Waals surface area contributed by atoms with Crippen LogP contribution in [0.4, 0.5) is 4.39 Å². The molecule has 1 heterocycles. The maximum Gasteiger partial charge on any atom is 0.233 e. The van der Waals surface area contributed by atoms with Crippen LogP contribution < -0.4 is 5.32 Å². The van der Waals surface area contributed by atoms with Crippen LogP contribution in [0, 0.1) is 5.82 Å². The minimum absolute atomic E-state index is 0.0547. The first-order chi connectivity index (χ1) is 13.0. The quantitative estimate of drug-likeness (QED) is 0.651. The highest BCUT2D eigenvalue weighted by molar-refractivity contribution is 8.00. The van der Waals surface area contributed by atoms with Gasteiger partial charge in [-0.3, -0.25) is 9.36 Å². The van der Waals surface area contributed by atoms with Crippen LogP contribution in [-0.2, 0) is 4.79 Å². The average molecular weight is 384 g/mol. The fourth-order valence-corrected chi connectivity index (χ4v) is 3.43. The molecule has 1 N–H and O–H groups in total. The summed E-state index contributed by atoms with van der Waals surface area (Å²) in [6.45, 7) is 5.69. The van der Waals surface area contributed by atoms with Crippen molar-refractivity contribution in [1.82, 2.24) is 20.1 Å². The molecule has 0 radical (unpaired) electrons. The van der Waals surface area contributed by atoms with Crippen LogP contribution in [0.15, 0.2) is 59.8 Å². The number of thioether (sulfide) groups is 1. The lowest BCUT2D eigenvalue weighted by atomic mass is 10.2. The number of carbonyl (C=O) groups is 1. The molecule has 0 bridgehead atoms. The molecular weight excluding hydrogens is 363 g/mol. The molecule has 5 nitrogen and oxygen atoms in total. The van der Waals surface area contributed by atoms with Crippen LogP contribution in [0.3, 0.4) is 0 Å². The normalized spacial score (nSPS) is 12.2. The first-order valence-electron chi connectivity index (χ1n) is 8.69. The van der Waals surface area contributed by atoms with Gasteiger partial charge in [-0.15, -0.1) is 10.2 Å². The molecule has 0 saturated heterocycles. The first kappa shape index (κ1) is 19.1. The van der Waals surface area contributed by atoms with E-state index < -0.39 is 0 Å². The van der Waals surface area contributed by atoms with Crippen LogP contribution in [0.25, 0.3) is 17.1 Å². The number of nitrogens with one attached hydrogen (secondary N) is 1. The van der Waals surface area contributed by atoms with Crippen LogP contribution in [0.2, 0.25) is 0 Å². The van der Waals surface area contributed by atoms with Crippen molar-refractivity contribution in [2.45, 2.75) is 37.2 Å². The molecule has 2 aromatic carbocycles. The van der Waals surface area contributed by atoms with Gasteiger partial charge in [-0.25, -0.2) is 4.39 Å². The van der Waals surface area contributed by atoms with Gasteiger partial charge in [-0.2, -0.15) is 0 Å². The zero-order valence-corrected chi connectivity index (χ0v) is 16.2. The molecule has 0 fully saturated rings. The SMILES string of the molecule is CC(C)NC(=O)C(C)Sc1nnc(-c2ccc(F)cc2)n1-c1ccccc1. The molecule has 0 aliphatic carbocycles. The molecular formula is C20H21FN4OS. The van der Waals surface area contributed by atoms with E-state index in [0.29, 0.717) is 11.0 Å². The summed E-state index contributed by atoms with van der Waals surface area (Å²) in [5.74, 6) is 0.235. The fourth-order valence-electron chi connectivity index (χ4n) is 2.56. The van der Waals surface area contributed by atoms with Crippen molar-refractivity contribution >= 4 is 17.7 Å². The average Bonchev–Trinajstić information content (AvgIpc) is 3.06. The van der Waals surface area contributed by atoms with Gasteiger partial charge in [0.2, 0.25) is 5.91 Å². The van der Waals surface area contributed by atoms with Crippen molar-refractivity contribution in [2.75, 3.05) is 0 Å². The summed E-state index contributed by atoms with van der Waals surface area (Å²) in [6.07, 6.45) is 0. The third kappa shape index (κ3) is 4.54. The molecule has 27 heavy (non-hydrogen) atoms. The minimum Gasteiger partial charge on any atom is -0.353 e. The number of halogens is 1. The number of nitrogens with zero attached hydrogens (tertiary/aromatic N) is 3. The monoisotopic (exact) mass is 384 g/mol. The third-order valence-corrected chi connectivity index (χ3v) is 4.88. The van der Waals surface area contributed by atoms with E-state index in [9.17, 15) is 9.18 Å². The number of para-hydroxylation sites is 1. The lowest BCUT2D eigenvalue weighted by Gasteiger charge is -2.15. The van der Waals surface area contributed by atoms with Gasteiger partial charge in [-0.1, -0.05) is 30.0 Å². The van der Waals surface area contributed by atoms with Crippen molar-refractivity contribution in [3.63, 3.8) is 0 Å². The van der Waals surface area contributed by atoms with Crippen molar-refractivity contribution < 1.29 is 9.18 Å². The molecule has 1 amide bonds. The van der Waals surface area contributed by atoms with E-state index in [-0.39, 0.29) is 23.0 Å². The Hall–Kier alpha value is -2.67. The van der Waals surface area contributed by atoms with Gasteiger partial charge in [0, 0.05) is 17.3 Å². The summed E-state index contributed by atoms with van der Waals surface area (Å²) < 4.78 is 15.2. The van der Waals surface area contributed by atoms with Crippen LogP contribution in [0.1, 0.15) is 20.8 Å². The van der Waals surface area contributed by atoms with E-state index in [1.54, 1.807) is 12.1 Å². The summed E-state index contributed by atoms with van der Waals surface area (Å²) >= 11 is 1.34. The van der Waals surface area contributed by atoms with Crippen LogP contribution >= 0.6 is 11.8 Å². The van der Waals surface area contributed by atoms with E-state index in [1.807, 2.05) is 55.7 Å². The fraction of sp³-hybridized carbons (Fsp3) is 0.250. The Balaban J connectivity index is 1.99. The van der Waals surface area contributed by atoms with Crippen molar-refractivity contribution in [2.24, 2.45) is 0 Å². The third-order valence-electron chi connectivity index (χ3n) is 3.83. The van der Waals surface area contributed by atoms with Crippen molar-refractivity contribution in [3.8, 4) is 17.1 Å². The molecule has 1 unspecified atom stereocenters. The molecule has 0 aliphatic heterocycles. The highest BCUT2D eigenvalue weighted by atomic mass is 32.2. The number of aromatic nitrogens is 3. The Morgan fingerprint density at radius 1 is 1.04 bits per heavy atom. The lowest BCUT2D eigenvalue weighted by molar-refractivity contribution is -0.120. The number of amides is 1. The largest absolute Gasteiger partial charge is 0.353 e. The number of benzene rings is 2. The predicted molar refractivity (Wildman–Crippen MR) is 105 cm³/mol. The summed E-state index contributed by atoms with van der Waals surface area (Å²) in [5, 5.41) is 11.8. The van der Waals surface area contributed by atoms with Gasteiger partial charge in [0.1, 0.15) is 5.82 Å². The maximum absolute atomic E-state index is 13.3. The second-order valence-electron chi connectivity index (χ2n) is 6.41. The van der Waals surface area contributed by atoms with Crippen molar-refractivity contribution in [3.05, 3.63) is 60.4 Å². The molecule has 3 rings (SSSR count). The number of rotatable bonds is 6. The molecule has 3 aromatic rings. The van der Waals surface area contributed by atoms with E-state index in [0.717, 1.165) is 11.3 Å². The smallest absolute Gasteiger partial charge is 0.233 e. The summed E-state index contributed by atoms with van der Waals surface area (Å²) in [4.78, 5) is 12.3. The highest BCUT2D eigenvalue weighted by Crippen LogP contribution is 2.30.